The van der Waals surface area contributed by atoms with Crippen LogP contribution in [0.5, 0.6) is 0 Å². The molecule has 0 bridgehead atoms. The molecule has 0 spiro atoms. The minimum Gasteiger partial charge on any atom is -0.451 e. The molecule has 7 heteroatoms. The van der Waals surface area contributed by atoms with Gasteiger partial charge in [-0.1, -0.05) is 24.4 Å². The van der Waals surface area contributed by atoms with E-state index < -0.39 is 18.0 Å². The first-order valence-corrected chi connectivity index (χ1v) is 8.37. The number of amides is 2. The minimum atomic E-state index is -0.884. The van der Waals surface area contributed by atoms with E-state index in [0.29, 0.717) is 10.6 Å². The Labute approximate surface area is 145 Å². The fourth-order valence-electron chi connectivity index (χ4n) is 2.54. The first-order valence-electron chi connectivity index (χ1n) is 7.99. The number of carbonyl (C=O) groups is 3. The summed E-state index contributed by atoms with van der Waals surface area (Å²) >= 11 is 5.75. The molecule has 2 rings (SSSR count). The Kier molecular flexibility index (Phi) is 6.61. The zero-order valence-electron chi connectivity index (χ0n) is 13.5. The molecule has 24 heavy (non-hydrogen) atoms. The second-order valence-corrected chi connectivity index (χ2v) is 6.25. The molecule has 2 N–H and O–H groups in total. The maximum Gasteiger partial charge on any atom is 0.326 e. The molecule has 1 atom stereocenters. The van der Waals surface area contributed by atoms with Crippen LogP contribution in [0.3, 0.4) is 0 Å². The maximum atomic E-state index is 11.9. The Morgan fingerprint density at radius 3 is 2.46 bits per heavy atom. The summed E-state index contributed by atoms with van der Waals surface area (Å²) in [7, 11) is 0. The molecule has 1 aromatic carbocycles. The van der Waals surface area contributed by atoms with Crippen molar-refractivity contribution in [1.82, 2.24) is 10.6 Å². The van der Waals surface area contributed by atoms with Crippen LogP contribution in [0.25, 0.3) is 0 Å². The van der Waals surface area contributed by atoms with Gasteiger partial charge in [-0.3, -0.25) is 14.4 Å². The highest BCUT2D eigenvalue weighted by Gasteiger charge is 2.23. The van der Waals surface area contributed by atoms with Gasteiger partial charge in [0, 0.05) is 16.6 Å². The van der Waals surface area contributed by atoms with Crippen LogP contribution in [0.1, 0.15) is 43.0 Å². The number of halogens is 1. The molecule has 0 saturated heterocycles. The number of carbonyl (C=O) groups excluding carboxylic acids is 3. The van der Waals surface area contributed by atoms with E-state index in [1.54, 1.807) is 24.3 Å². The van der Waals surface area contributed by atoms with Gasteiger partial charge in [0.2, 0.25) is 0 Å². The van der Waals surface area contributed by atoms with Gasteiger partial charge in [0.1, 0.15) is 6.54 Å². The molecule has 2 amide bonds. The zero-order valence-corrected chi connectivity index (χ0v) is 14.3. The second-order valence-electron chi connectivity index (χ2n) is 5.81. The van der Waals surface area contributed by atoms with Crippen molar-refractivity contribution in [3.63, 3.8) is 0 Å². The number of hydrogen-bond donors (Lipinski definition) is 2. The molecule has 0 aliphatic heterocycles. The van der Waals surface area contributed by atoms with Crippen molar-refractivity contribution in [3.8, 4) is 0 Å². The summed E-state index contributed by atoms with van der Waals surface area (Å²) in [5.74, 6) is -1.38. The lowest BCUT2D eigenvalue weighted by Gasteiger charge is -2.17. The Morgan fingerprint density at radius 1 is 1.21 bits per heavy atom. The Morgan fingerprint density at radius 2 is 1.83 bits per heavy atom. The van der Waals surface area contributed by atoms with E-state index in [1.165, 1.54) is 6.92 Å². The molecular formula is C17H21ClN2O4. The smallest absolute Gasteiger partial charge is 0.326 e. The van der Waals surface area contributed by atoms with Crippen LogP contribution in [0.2, 0.25) is 5.02 Å². The highest BCUT2D eigenvalue weighted by Crippen LogP contribution is 2.17. The molecule has 1 aliphatic rings. The summed E-state index contributed by atoms with van der Waals surface area (Å²) in [6.45, 7) is 1.21. The molecular weight excluding hydrogens is 332 g/mol. The van der Waals surface area contributed by atoms with Crippen LogP contribution in [-0.4, -0.2) is 36.5 Å². The monoisotopic (exact) mass is 352 g/mol. The Hall–Kier alpha value is -2.08. The maximum absolute atomic E-state index is 11.9. The lowest BCUT2D eigenvalue weighted by Crippen LogP contribution is -2.42. The van der Waals surface area contributed by atoms with E-state index in [9.17, 15) is 14.4 Å². The molecule has 0 heterocycles. The first-order chi connectivity index (χ1) is 11.5. The molecule has 0 radical (unpaired) electrons. The molecule has 0 unspecified atom stereocenters. The fraction of sp³-hybridized carbons (Fsp3) is 0.471. The van der Waals surface area contributed by atoms with Crippen molar-refractivity contribution in [1.29, 1.82) is 0 Å². The summed E-state index contributed by atoms with van der Waals surface area (Å²) in [6.07, 6.45) is 3.25. The van der Waals surface area contributed by atoms with Crippen molar-refractivity contribution in [2.45, 2.75) is 44.8 Å². The molecule has 130 valence electrons. The summed E-state index contributed by atoms with van der Waals surface area (Å²) in [5.41, 5.74) is 0.388. The third-order valence-corrected chi connectivity index (χ3v) is 4.13. The van der Waals surface area contributed by atoms with E-state index >= 15 is 0 Å². The zero-order chi connectivity index (χ0) is 17.5. The van der Waals surface area contributed by atoms with Crippen LogP contribution in [0.15, 0.2) is 24.3 Å². The van der Waals surface area contributed by atoms with E-state index in [4.69, 9.17) is 16.3 Å². The van der Waals surface area contributed by atoms with Crippen LogP contribution >= 0.6 is 11.6 Å². The average molecular weight is 353 g/mol. The van der Waals surface area contributed by atoms with E-state index in [1.807, 2.05) is 0 Å². The van der Waals surface area contributed by atoms with Crippen molar-refractivity contribution in [2.24, 2.45) is 0 Å². The van der Waals surface area contributed by atoms with E-state index in [2.05, 4.69) is 10.6 Å². The number of rotatable bonds is 6. The van der Waals surface area contributed by atoms with Gasteiger partial charge in [0.15, 0.2) is 6.10 Å². The molecule has 6 nitrogen and oxygen atoms in total. The van der Waals surface area contributed by atoms with Crippen molar-refractivity contribution < 1.29 is 19.1 Å². The SMILES string of the molecule is C[C@@H](OC(=O)CNC(=O)c1ccc(Cl)cc1)C(=O)NC1CCCC1. The van der Waals surface area contributed by atoms with Gasteiger partial charge in [-0.2, -0.15) is 0 Å². The normalized spacial score (nSPS) is 15.6. The topological polar surface area (TPSA) is 84.5 Å². The largest absolute Gasteiger partial charge is 0.451 e. The third kappa shape index (κ3) is 5.53. The predicted octanol–water partition coefficient (Wildman–Crippen LogP) is 2.06. The quantitative estimate of drug-likeness (QED) is 0.767. The molecule has 1 aromatic rings. The summed E-state index contributed by atoms with van der Waals surface area (Å²) in [6, 6.07) is 6.46. The first kappa shape index (κ1) is 18.3. The van der Waals surface area contributed by atoms with Gasteiger partial charge in [-0.25, -0.2) is 0 Å². The van der Waals surface area contributed by atoms with Crippen molar-refractivity contribution in [3.05, 3.63) is 34.9 Å². The Balaban J connectivity index is 1.72. The molecule has 0 aromatic heterocycles. The molecule has 1 aliphatic carbocycles. The van der Waals surface area contributed by atoms with Crippen LogP contribution in [0.4, 0.5) is 0 Å². The van der Waals surface area contributed by atoms with E-state index in [-0.39, 0.29) is 18.5 Å². The van der Waals surface area contributed by atoms with Crippen LogP contribution < -0.4 is 10.6 Å². The van der Waals surface area contributed by atoms with Crippen LogP contribution in [-0.2, 0) is 14.3 Å². The highest BCUT2D eigenvalue weighted by atomic mass is 35.5. The second kappa shape index (κ2) is 8.68. The van der Waals surface area contributed by atoms with Gasteiger partial charge in [0.05, 0.1) is 0 Å². The number of benzene rings is 1. The van der Waals surface area contributed by atoms with Crippen LogP contribution in [0, 0.1) is 0 Å². The number of esters is 1. The van der Waals surface area contributed by atoms with Gasteiger partial charge in [-0.05, 0) is 44.0 Å². The highest BCUT2D eigenvalue weighted by molar-refractivity contribution is 6.30. The lowest BCUT2D eigenvalue weighted by molar-refractivity contribution is -0.154. The summed E-state index contributed by atoms with van der Waals surface area (Å²) in [5, 5.41) is 5.83. The third-order valence-electron chi connectivity index (χ3n) is 3.88. The van der Waals surface area contributed by atoms with Gasteiger partial charge in [-0.15, -0.1) is 0 Å². The number of nitrogens with one attached hydrogen (secondary N) is 2. The van der Waals surface area contributed by atoms with Crippen molar-refractivity contribution in [2.75, 3.05) is 6.54 Å². The molecule has 1 fully saturated rings. The molecule has 1 saturated carbocycles. The van der Waals surface area contributed by atoms with Gasteiger partial charge in [0.25, 0.3) is 11.8 Å². The fourth-order valence-corrected chi connectivity index (χ4v) is 2.66. The van der Waals surface area contributed by atoms with Gasteiger partial charge < -0.3 is 15.4 Å². The lowest BCUT2D eigenvalue weighted by atomic mass is 10.2. The van der Waals surface area contributed by atoms with Gasteiger partial charge >= 0.3 is 5.97 Å². The summed E-state index contributed by atoms with van der Waals surface area (Å²) in [4.78, 5) is 35.6. The van der Waals surface area contributed by atoms with E-state index in [0.717, 1.165) is 25.7 Å². The minimum absolute atomic E-state index is 0.170. The predicted molar refractivity (Wildman–Crippen MR) is 89.7 cm³/mol. The average Bonchev–Trinajstić information content (AvgIpc) is 3.06. The van der Waals surface area contributed by atoms with Crippen molar-refractivity contribution >= 4 is 29.4 Å². The summed E-state index contributed by atoms with van der Waals surface area (Å²) < 4.78 is 5.04. The number of hydrogen-bond acceptors (Lipinski definition) is 4. The number of ether oxygens (including phenoxy) is 1. The Bertz CT molecular complexity index is 597. The standard InChI is InChI=1S/C17H21ClN2O4/c1-11(16(22)20-14-4-2-3-5-14)24-15(21)10-19-17(23)12-6-8-13(18)9-7-12/h6-9,11,14H,2-5,10H2,1H3,(H,19,23)(H,20,22)/t11-/m1/s1.